The zero-order valence-electron chi connectivity index (χ0n) is 17.2. The van der Waals surface area contributed by atoms with E-state index >= 15 is 0 Å². The van der Waals surface area contributed by atoms with Crippen LogP contribution in [0.3, 0.4) is 0 Å². The highest BCUT2D eigenvalue weighted by molar-refractivity contribution is 7.92. The van der Waals surface area contributed by atoms with E-state index in [1.165, 1.54) is 23.6 Å². The van der Waals surface area contributed by atoms with Gasteiger partial charge < -0.3 is 15.2 Å². The molecule has 2 amide bonds. The van der Waals surface area contributed by atoms with Gasteiger partial charge in [0.05, 0.1) is 5.69 Å². The van der Waals surface area contributed by atoms with Crippen molar-refractivity contribution < 1.29 is 13.2 Å². The Kier molecular flexibility index (Phi) is 5.91. The number of sulfonamides is 1. The lowest BCUT2D eigenvalue weighted by atomic mass is 10.3. The Bertz CT molecular complexity index is 1300. The molecule has 2 aromatic heterocycles. The van der Waals surface area contributed by atoms with E-state index in [9.17, 15) is 13.2 Å². The predicted octanol–water partition coefficient (Wildman–Crippen LogP) is 4.34. The second-order valence-electron chi connectivity index (χ2n) is 6.91. The third kappa shape index (κ3) is 4.62. The van der Waals surface area contributed by atoms with Gasteiger partial charge >= 0.3 is 6.03 Å². The molecule has 9 heteroatoms. The van der Waals surface area contributed by atoms with Crippen LogP contribution < -0.4 is 14.9 Å². The zero-order chi connectivity index (χ0) is 22.6. The van der Waals surface area contributed by atoms with Gasteiger partial charge in [0, 0.05) is 37.0 Å². The molecule has 0 aliphatic heterocycles. The summed E-state index contributed by atoms with van der Waals surface area (Å²) in [5, 5.41) is 5.45. The van der Waals surface area contributed by atoms with E-state index < -0.39 is 10.0 Å². The molecule has 0 aliphatic carbocycles. The second-order valence-corrected chi connectivity index (χ2v) is 8.88. The van der Waals surface area contributed by atoms with Crippen LogP contribution in [-0.4, -0.2) is 31.0 Å². The number of carbonyl (C=O) groups excluding carboxylic acids is 1. The summed E-state index contributed by atoms with van der Waals surface area (Å²) in [5.74, 6) is 0.626. The molecule has 8 nitrogen and oxygen atoms in total. The quantitative estimate of drug-likeness (QED) is 0.460. The summed E-state index contributed by atoms with van der Waals surface area (Å²) in [7, 11) is -2.29. The Morgan fingerprint density at radius 1 is 0.875 bits per heavy atom. The molecule has 32 heavy (non-hydrogen) atoms. The minimum atomic E-state index is -3.77. The second kappa shape index (κ2) is 8.94. The van der Waals surface area contributed by atoms with E-state index in [0.717, 1.165) is 0 Å². The van der Waals surface area contributed by atoms with Crippen LogP contribution in [0.4, 0.5) is 21.9 Å². The molecule has 0 fully saturated rings. The van der Waals surface area contributed by atoms with Crippen LogP contribution in [-0.2, 0) is 10.0 Å². The summed E-state index contributed by atoms with van der Waals surface area (Å²) in [6, 6.07) is 22.2. The van der Waals surface area contributed by atoms with E-state index in [-0.39, 0.29) is 10.9 Å². The summed E-state index contributed by atoms with van der Waals surface area (Å²) >= 11 is 0. The monoisotopic (exact) mass is 447 g/mol. The van der Waals surface area contributed by atoms with E-state index in [4.69, 9.17) is 0 Å². The number of hydrogen-bond donors (Lipinski definition) is 2. The molecule has 0 saturated carbocycles. The van der Waals surface area contributed by atoms with E-state index in [2.05, 4.69) is 15.6 Å². The lowest BCUT2D eigenvalue weighted by molar-refractivity contribution is 0.262. The Hall–Kier alpha value is -4.11. The highest BCUT2D eigenvalue weighted by Gasteiger charge is 2.22. The molecule has 0 atom stereocenters. The highest BCUT2D eigenvalue weighted by Crippen LogP contribution is 2.24. The number of hydrogen-bond acceptors (Lipinski definition) is 4. The fraction of sp³-hybridized carbons (Fsp3) is 0.0435. The largest absolute Gasteiger partial charge is 0.323 e. The van der Waals surface area contributed by atoms with Crippen LogP contribution in [0.1, 0.15) is 0 Å². The molecular weight excluding hydrogens is 426 g/mol. The molecule has 0 bridgehead atoms. The van der Waals surface area contributed by atoms with Crippen LogP contribution in [0.15, 0.2) is 102 Å². The molecule has 4 aromatic rings. The summed E-state index contributed by atoms with van der Waals surface area (Å²) < 4.78 is 29.0. The Balaban J connectivity index is 1.45. The Morgan fingerprint density at radius 2 is 1.53 bits per heavy atom. The van der Waals surface area contributed by atoms with Crippen molar-refractivity contribution in [1.29, 1.82) is 0 Å². The number of anilines is 3. The third-order valence-corrected chi connectivity index (χ3v) is 6.53. The van der Waals surface area contributed by atoms with Crippen molar-refractivity contribution in [3.8, 4) is 5.82 Å². The minimum Gasteiger partial charge on any atom is -0.308 e. The lowest BCUT2D eigenvalue weighted by Crippen LogP contribution is -2.26. The molecular formula is C23H21N5O3S. The van der Waals surface area contributed by atoms with Gasteiger partial charge in [-0.2, -0.15) is 0 Å². The molecule has 0 saturated heterocycles. The fourth-order valence-corrected chi connectivity index (χ4v) is 4.24. The molecule has 2 N–H and O–H groups in total. The number of urea groups is 1. The van der Waals surface area contributed by atoms with Crippen LogP contribution in [0, 0.1) is 0 Å². The molecule has 0 spiro atoms. The van der Waals surface area contributed by atoms with Crippen molar-refractivity contribution in [2.45, 2.75) is 4.90 Å². The van der Waals surface area contributed by atoms with Crippen molar-refractivity contribution >= 4 is 33.1 Å². The van der Waals surface area contributed by atoms with Gasteiger partial charge in [-0.15, -0.1) is 0 Å². The lowest BCUT2D eigenvalue weighted by Gasteiger charge is -2.19. The molecule has 2 heterocycles. The molecule has 0 unspecified atom stereocenters. The number of nitrogens with one attached hydrogen (secondary N) is 2. The highest BCUT2D eigenvalue weighted by atomic mass is 32.2. The van der Waals surface area contributed by atoms with E-state index in [1.807, 2.05) is 24.3 Å². The number of carbonyl (C=O) groups is 1. The molecule has 0 radical (unpaired) electrons. The molecule has 0 aliphatic rings. The van der Waals surface area contributed by atoms with Gasteiger partial charge in [-0.05, 0) is 54.6 Å². The molecule has 4 rings (SSSR count). The molecule has 162 valence electrons. The summed E-state index contributed by atoms with van der Waals surface area (Å²) in [6.45, 7) is 0. The number of nitrogens with zero attached hydrogens (tertiary/aromatic N) is 3. The number of pyridine rings is 1. The van der Waals surface area contributed by atoms with Gasteiger partial charge in [-0.3, -0.25) is 4.31 Å². The van der Waals surface area contributed by atoms with E-state index in [0.29, 0.717) is 22.9 Å². The van der Waals surface area contributed by atoms with Crippen molar-refractivity contribution in [2.24, 2.45) is 0 Å². The van der Waals surface area contributed by atoms with Gasteiger partial charge in [-0.25, -0.2) is 18.2 Å². The maximum absolute atomic E-state index is 13.1. The zero-order valence-corrected chi connectivity index (χ0v) is 18.0. The standard InChI is InChI=1S/C23H21N5O3S/c1-27(32(30,31)21-14-16-28(17-21)22-9-5-6-15-24-22)20-12-10-19(11-13-20)26-23(29)25-18-7-3-2-4-8-18/h2-17H,1H3,(H2,25,26,29). The average molecular weight is 448 g/mol. The normalized spacial score (nSPS) is 11.0. The maximum Gasteiger partial charge on any atom is 0.323 e. The van der Waals surface area contributed by atoms with Crippen molar-refractivity contribution in [2.75, 3.05) is 22.0 Å². The van der Waals surface area contributed by atoms with Crippen molar-refractivity contribution in [1.82, 2.24) is 9.55 Å². The first-order valence-corrected chi connectivity index (χ1v) is 11.2. The topological polar surface area (TPSA) is 96.3 Å². The van der Waals surface area contributed by atoms with Crippen LogP contribution in [0.5, 0.6) is 0 Å². The summed E-state index contributed by atoms with van der Waals surface area (Å²) in [4.78, 5) is 16.5. The predicted molar refractivity (Wildman–Crippen MR) is 125 cm³/mol. The van der Waals surface area contributed by atoms with Crippen LogP contribution >= 0.6 is 0 Å². The van der Waals surface area contributed by atoms with Crippen molar-refractivity contribution in [3.05, 3.63) is 97.5 Å². The number of benzene rings is 2. The van der Waals surface area contributed by atoms with Gasteiger partial charge in [-0.1, -0.05) is 24.3 Å². The number of para-hydroxylation sites is 1. The van der Waals surface area contributed by atoms with Gasteiger partial charge in [0.1, 0.15) is 10.7 Å². The minimum absolute atomic E-state index is 0.148. The molecule has 2 aromatic carbocycles. The van der Waals surface area contributed by atoms with E-state index in [1.54, 1.807) is 65.5 Å². The summed E-state index contributed by atoms with van der Waals surface area (Å²) in [6.07, 6.45) is 4.82. The Labute approximate surface area is 186 Å². The van der Waals surface area contributed by atoms with Crippen LogP contribution in [0.25, 0.3) is 5.82 Å². The first-order chi connectivity index (χ1) is 15.4. The maximum atomic E-state index is 13.1. The number of aromatic nitrogens is 2. The van der Waals surface area contributed by atoms with Gasteiger partial charge in [0.15, 0.2) is 0 Å². The SMILES string of the molecule is CN(c1ccc(NC(=O)Nc2ccccc2)cc1)S(=O)(=O)c1ccn(-c2ccccn2)c1. The third-order valence-electron chi connectivity index (χ3n) is 4.76. The first-order valence-electron chi connectivity index (χ1n) is 9.75. The van der Waals surface area contributed by atoms with Crippen LogP contribution in [0.2, 0.25) is 0 Å². The first kappa shape index (κ1) is 21.1. The number of amides is 2. The van der Waals surface area contributed by atoms with Gasteiger partial charge in [0.2, 0.25) is 0 Å². The van der Waals surface area contributed by atoms with Crippen molar-refractivity contribution in [3.63, 3.8) is 0 Å². The van der Waals surface area contributed by atoms with Gasteiger partial charge in [0.25, 0.3) is 10.0 Å². The fourth-order valence-electron chi connectivity index (χ4n) is 3.04. The Morgan fingerprint density at radius 3 is 2.19 bits per heavy atom. The average Bonchev–Trinajstić information content (AvgIpc) is 3.32. The summed E-state index contributed by atoms with van der Waals surface area (Å²) in [5.41, 5.74) is 1.67. The smallest absolute Gasteiger partial charge is 0.308 e. The number of rotatable bonds is 6.